The lowest BCUT2D eigenvalue weighted by molar-refractivity contribution is 0.102. The summed E-state index contributed by atoms with van der Waals surface area (Å²) in [5.74, 6) is 0.470. The molecule has 23 heavy (non-hydrogen) atoms. The van der Waals surface area contributed by atoms with Gasteiger partial charge in [0.1, 0.15) is 0 Å². The van der Waals surface area contributed by atoms with E-state index in [2.05, 4.69) is 22.2 Å². The summed E-state index contributed by atoms with van der Waals surface area (Å²) < 4.78 is 10.8. The minimum atomic E-state index is -0.265. The molecule has 2 aromatic rings. The van der Waals surface area contributed by atoms with Crippen molar-refractivity contribution < 1.29 is 14.3 Å². The number of carbonyl (C=O) groups is 1. The molecular weight excluding hydrogens is 314 g/mol. The zero-order valence-corrected chi connectivity index (χ0v) is 14.4. The molecule has 2 aromatic heterocycles. The lowest BCUT2D eigenvalue weighted by Crippen LogP contribution is -2.13. The van der Waals surface area contributed by atoms with Crippen molar-refractivity contribution in [3.8, 4) is 11.8 Å². The van der Waals surface area contributed by atoms with Crippen LogP contribution in [0.25, 0.3) is 0 Å². The molecule has 0 aliphatic carbocycles. The third-order valence-corrected chi connectivity index (χ3v) is 3.92. The Morgan fingerprint density at radius 3 is 2.74 bits per heavy atom. The molecule has 0 aromatic carbocycles. The van der Waals surface area contributed by atoms with E-state index in [9.17, 15) is 4.79 Å². The zero-order chi connectivity index (χ0) is 16.7. The summed E-state index contributed by atoms with van der Waals surface area (Å²) >= 11 is 1.42. The number of unbranched alkanes of at least 4 members (excludes halogenated alkanes) is 2. The topological polar surface area (TPSA) is 73.3 Å². The lowest BCUT2D eigenvalue weighted by Gasteiger charge is -2.09. The second-order valence-corrected chi connectivity index (χ2v) is 6.26. The fourth-order valence-corrected chi connectivity index (χ4v) is 2.56. The van der Waals surface area contributed by atoms with Crippen molar-refractivity contribution in [1.29, 1.82) is 0 Å². The van der Waals surface area contributed by atoms with E-state index in [0.29, 0.717) is 29.1 Å². The largest absolute Gasteiger partial charge is 0.481 e. The Hall–Kier alpha value is -2.15. The predicted octanol–water partition coefficient (Wildman–Crippen LogP) is 3.68. The second kappa shape index (κ2) is 8.47. The molecule has 124 valence electrons. The molecule has 0 saturated carbocycles. The average molecular weight is 335 g/mol. The number of carbonyl (C=O) groups excluding carboxylic acids is 1. The van der Waals surface area contributed by atoms with Crippen molar-refractivity contribution in [2.24, 2.45) is 0 Å². The highest BCUT2D eigenvalue weighted by molar-refractivity contribution is 7.15. The van der Waals surface area contributed by atoms with E-state index in [4.69, 9.17) is 9.47 Å². The third kappa shape index (κ3) is 5.21. The summed E-state index contributed by atoms with van der Waals surface area (Å²) in [6, 6.07) is 3.19. The molecular formula is C16H21N3O3S. The van der Waals surface area contributed by atoms with E-state index in [1.165, 1.54) is 18.4 Å². The van der Waals surface area contributed by atoms with Crippen LogP contribution in [0, 0.1) is 6.92 Å². The number of amides is 1. The summed E-state index contributed by atoms with van der Waals surface area (Å²) in [5, 5.41) is 3.33. The van der Waals surface area contributed by atoms with Crippen LogP contribution in [0.5, 0.6) is 11.8 Å². The lowest BCUT2D eigenvalue weighted by atomic mass is 10.2. The summed E-state index contributed by atoms with van der Waals surface area (Å²) in [6.07, 6.45) is 4.89. The maximum atomic E-state index is 12.3. The molecule has 1 amide bonds. The summed E-state index contributed by atoms with van der Waals surface area (Å²) in [4.78, 5) is 21.7. The van der Waals surface area contributed by atoms with Crippen molar-refractivity contribution >= 4 is 22.4 Å². The Balaban J connectivity index is 2.08. The molecule has 0 aliphatic heterocycles. The first kappa shape index (κ1) is 17.2. The molecule has 0 saturated heterocycles. The van der Waals surface area contributed by atoms with Gasteiger partial charge in [-0.2, -0.15) is 4.98 Å². The number of methoxy groups -OCH3 is 1. The van der Waals surface area contributed by atoms with E-state index >= 15 is 0 Å². The molecule has 6 nitrogen and oxygen atoms in total. The first-order valence-electron chi connectivity index (χ1n) is 7.55. The quantitative estimate of drug-likeness (QED) is 0.745. The molecule has 0 aliphatic rings. The van der Waals surface area contributed by atoms with Crippen molar-refractivity contribution in [3.63, 3.8) is 0 Å². The highest BCUT2D eigenvalue weighted by Gasteiger charge is 2.13. The number of rotatable bonds is 8. The average Bonchev–Trinajstić information content (AvgIpc) is 2.96. The molecule has 7 heteroatoms. The van der Waals surface area contributed by atoms with Gasteiger partial charge in [-0.05, 0) is 13.3 Å². The van der Waals surface area contributed by atoms with E-state index in [1.807, 2.05) is 6.92 Å². The second-order valence-electron chi connectivity index (χ2n) is 5.02. The van der Waals surface area contributed by atoms with Crippen molar-refractivity contribution in [2.75, 3.05) is 19.0 Å². The van der Waals surface area contributed by atoms with Crippen LogP contribution in [0.15, 0.2) is 18.3 Å². The molecule has 2 rings (SSSR count). The molecule has 0 spiro atoms. The van der Waals surface area contributed by atoms with Gasteiger partial charge in [0.2, 0.25) is 11.8 Å². The summed E-state index contributed by atoms with van der Waals surface area (Å²) in [5.41, 5.74) is 0.426. The Labute approximate surface area is 139 Å². The van der Waals surface area contributed by atoms with Gasteiger partial charge in [-0.1, -0.05) is 19.8 Å². The number of ether oxygens (including phenoxy) is 2. The van der Waals surface area contributed by atoms with Gasteiger partial charge >= 0.3 is 0 Å². The fourth-order valence-electron chi connectivity index (χ4n) is 1.90. The number of hydrogen-bond acceptors (Lipinski definition) is 6. The molecule has 0 radical (unpaired) electrons. The number of aromatic nitrogens is 2. The first-order valence-corrected chi connectivity index (χ1v) is 8.36. The minimum absolute atomic E-state index is 0.265. The van der Waals surface area contributed by atoms with Gasteiger partial charge in [-0.15, -0.1) is 11.3 Å². The van der Waals surface area contributed by atoms with Gasteiger partial charge < -0.3 is 9.47 Å². The normalized spacial score (nSPS) is 10.4. The third-order valence-electron chi connectivity index (χ3n) is 3.09. The minimum Gasteiger partial charge on any atom is -0.481 e. The van der Waals surface area contributed by atoms with E-state index in [1.54, 1.807) is 18.3 Å². The van der Waals surface area contributed by atoms with Crippen molar-refractivity contribution in [1.82, 2.24) is 9.97 Å². The molecule has 2 heterocycles. The van der Waals surface area contributed by atoms with E-state index in [0.717, 1.165) is 24.1 Å². The Bertz CT molecular complexity index is 658. The smallest absolute Gasteiger partial charge is 0.257 e. The number of pyridine rings is 1. The van der Waals surface area contributed by atoms with Gasteiger partial charge in [0.25, 0.3) is 5.91 Å². The van der Waals surface area contributed by atoms with E-state index in [-0.39, 0.29) is 5.91 Å². The van der Waals surface area contributed by atoms with Crippen LogP contribution in [-0.2, 0) is 0 Å². The molecule has 0 bridgehead atoms. The van der Waals surface area contributed by atoms with Crippen molar-refractivity contribution in [3.05, 3.63) is 28.8 Å². The Kier molecular flexibility index (Phi) is 6.34. The number of thiazole rings is 1. The predicted molar refractivity (Wildman–Crippen MR) is 90.6 cm³/mol. The number of nitrogens with zero attached hydrogens (tertiary/aromatic N) is 2. The monoisotopic (exact) mass is 335 g/mol. The zero-order valence-electron chi connectivity index (χ0n) is 13.6. The maximum absolute atomic E-state index is 12.3. The van der Waals surface area contributed by atoms with Gasteiger partial charge in [0.15, 0.2) is 5.13 Å². The molecule has 0 unspecified atom stereocenters. The van der Waals surface area contributed by atoms with Crippen LogP contribution in [0.1, 0.15) is 41.4 Å². The van der Waals surface area contributed by atoms with Crippen molar-refractivity contribution in [2.45, 2.75) is 33.1 Å². The molecule has 0 fully saturated rings. The fraction of sp³-hybridized carbons (Fsp3) is 0.438. The Morgan fingerprint density at radius 1 is 1.30 bits per heavy atom. The van der Waals surface area contributed by atoms with Crippen LogP contribution in [0.2, 0.25) is 0 Å². The molecule has 0 atom stereocenters. The van der Waals surface area contributed by atoms with Gasteiger partial charge in [0.05, 0.1) is 19.3 Å². The highest BCUT2D eigenvalue weighted by Crippen LogP contribution is 2.21. The van der Waals surface area contributed by atoms with Gasteiger partial charge in [0, 0.05) is 23.2 Å². The SMILES string of the molecule is CCCCCOc1cc(C(=O)Nc2ncc(C)s2)cc(OC)n1. The van der Waals surface area contributed by atoms with Crippen LogP contribution in [0.4, 0.5) is 5.13 Å². The summed E-state index contributed by atoms with van der Waals surface area (Å²) in [7, 11) is 1.51. The van der Waals surface area contributed by atoms with Crippen LogP contribution >= 0.6 is 11.3 Å². The Morgan fingerprint density at radius 2 is 2.09 bits per heavy atom. The first-order chi connectivity index (χ1) is 11.1. The number of anilines is 1. The maximum Gasteiger partial charge on any atom is 0.257 e. The number of hydrogen-bond donors (Lipinski definition) is 1. The standard InChI is InChI=1S/C16H21N3O3S/c1-4-5-6-7-22-14-9-12(8-13(18-14)21-3)15(20)19-16-17-10-11(2)23-16/h8-10H,4-7H2,1-3H3,(H,17,19,20). The van der Waals surface area contributed by atoms with Crippen LogP contribution < -0.4 is 14.8 Å². The van der Waals surface area contributed by atoms with Gasteiger partial charge in [-0.25, -0.2) is 4.98 Å². The summed E-state index contributed by atoms with van der Waals surface area (Å²) in [6.45, 7) is 4.64. The van der Waals surface area contributed by atoms with E-state index < -0.39 is 0 Å². The van der Waals surface area contributed by atoms with Crippen LogP contribution in [-0.4, -0.2) is 29.6 Å². The molecule has 1 N–H and O–H groups in total. The van der Waals surface area contributed by atoms with Gasteiger partial charge in [-0.3, -0.25) is 10.1 Å². The number of nitrogens with one attached hydrogen (secondary N) is 1. The highest BCUT2D eigenvalue weighted by atomic mass is 32.1. The number of aryl methyl sites for hydroxylation is 1. The van der Waals surface area contributed by atoms with Crippen LogP contribution in [0.3, 0.4) is 0 Å².